The van der Waals surface area contributed by atoms with E-state index in [1.54, 1.807) is 0 Å². The lowest BCUT2D eigenvalue weighted by Crippen LogP contribution is -2.44. The zero-order valence-corrected chi connectivity index (χ0v) is 86.0. The van der Waals surface area contributed by atoms with Gasteiger partial charge in [-0.15, -0.1) is 0 Å². The van der Waals surface area contributed by atoms with Gasteiger partial charge in [-0.2, -0.15) is 0 Å². The van der Waals surface area contributed by atoms with Gasteiger partial charge in [-0.3, -0.25) is 0 Å². The maximum atomic E-state index is 7.56. The van der Waals surface area contributed by atoms with Gasteiger partial charge >= 0.3 is 0 Å². The summed E-state index contributed by atoms with van der Waals surface area (Å²) in [4.78, 5) is 9.67. The number of rotatable bonds is 15. The number of hydrogen-bond donors (Lipinski definition) is 0. The van der Waals surface area contributed by atoms with Crippen molar-refractivity contribution in [2.45, 2.75) is 170 Å². The molecule has 0 aliphatic heterocycles. The average molecular weight is 1900 g/mol. The summed E-state index contributed by atoms with van der Waals surface area (Å²) in [6.07, 6.45) is 1.77. The summed E-state index contributed by atoms with van der Waals surface area (Å²) in [5, 5.41) is 12.2. The van der Waals surface area contributed by atoms with E-state index in [9.17, 15) is 0 Å². The minimum Gasteiger partial charge on any atom is -0.456 e. The van der Waals surface area contributed by atoms with Gasteiger partial charge in [0.1, 0.15) is 50.2 Å². The van der Waals surface area contributed by atoms with Gasteiger partial charge in [0.05, 0.1) is 28.1 Å². The summed E-state index contributed by atoms with van der Waals surface area (Å²) in [5.74, 6) is 0. The molecule has 0 amide bonds. The topological polar surface area (TPSA) is 91.8 Å². The molecule has 0 N–H and O–H groups in total. The van der Waals surface area contributed by atoms with Crippen molar-refractivity contribution in [3.8, 4) is 22.3 Å². The minimum absolute atomic E-state index is 0.0128. The minimum atomic E-state index is -0.529. The molecule has 28 rings (SSSR count). The molecule has 0 bridgehead atoms. The van der Waals surface area contributed by atoms with E-state index in [1.165, 1.54) is 83.5 Å². The third kappa shape index (κ3) is 11.9. The summed E-state index contributed by atoms with van der Waals surface area (Å²) in [6.45, 7) is 43.6. The van der Waals surface area contributed by atoms with E-state index in [-0.39, 0.29) is 32.5 Å². The summed E-state index contributed by atoms with van der Waals surface area (Å²) in [5.41, 5.74) is 40.3. The van der Waals surface area contributed by atoms with E-state index in [0.29, 0.717) is 0 Å². The lowest BCUT2D eigenvalue weighted by Gasteiger charge is -2.47. The predicted octanol–water partition coefficient (Wildman–Crippen LogP) is 39.3. The standard InChI is InChI=1S/C136H114N4O6/c1-77-45-53-83(54-46-77)137(84-55-47-78(2)48-56-84)105-75-113-118(121-91-39-27-31-43-109(91)144-126(105)121)95-71-112-96(72-111(95)141-113)119-114(142-112)76-106(127-122(119)92-40-28-32-44-110(92)145-127)138(85-57-49-79(3)50-58-85)86-59-51-80(52-60-86)67-68-136(18)98-66-62-87(70-100(98)133(12,13)135(136,16)17)139(81-33-21-19-22-34-81)103-73-102-116(128-117(103)89-37-25-29-41-107(89)146-128)94-64-63-93-115-101(129(4,5)123(93)124(94)130(102,6)7)74-104(125-120(115)90-38-26-30-42-108(90)143-125)140(82-35-23-20-24-36-82)88-61-65-97-99(69-88)132(10,11)134(14,15)131(97,8)9/h19-66,69-76H,67-68H2,1-18H3. The highest BCUT2D eigenvalue weighted by Gasteiger charge is 2.60. The average Bonchev–Trinajstić information content (AvgIpc) is 1.50. The highest BCUT2D eigenvalue weighted by Crippen LogP contribution is 2.69. The van der Waals surface area contributed by atoms with Crippen LogP contribution in [-0.4, -0.2) is 0 Å². The Morgan fingerprint density at radius 1 is 0.219 bits per heavy atom. The van der Waals surface area contributed by atoms with Crippen molar-refractivity contribution in [3.63, 3.8) is 0 Å². The fraction of sp³-hybridized carbons (Fsp3) is 0.206. The molecule has 6 aromatic heterocycles. The second-order valence-corrected chi connectivity index (χ2v) is 46.2. The number of fused-ring (bicyclic) bond motifs is 31. The number of aryl methyl sites for hydroxylation is 4. The first-order valence-corrected chi connectivity index (χ1v) is 51.9. The molecule has 4 aliphatic carbocycles. The third-order valence-corrected chi connectivity index (χ3v) is 37.0. The highest BCUT2D eigenvalue weighted by atomic mass is 16.4. The Bertz CT molecular complexity index is 9660. The molecule has 146 heavy (non-hydrogen) atoms. The molecule has 0 saturated carbocycles. The second-order valence-electron chi connectivity index (χ2n) is 46.2. The smallest absolute Gasteiger partial charge is 0.160 e. The van der Waals surface area contributed by atoms with E-state index in [2.05, 4.69) is 478 Å². The predicted molar refractivity (Wildman–Crippen MR) is 607 cm³/mol. The molecule has 714 valence electrons. The highest BCUT2D eigenvalue weighted by molar-refractivity contribution is 6.34. The van der Waals surface area contributed by atoms with Crippen molar-refractivity contribution in [1.82, 2.24) is 0 Å². The second kappa shape index (κ2) is 30.3. The molecule has 1 unspecified atom stereocenters. The first kappa shape index (κ1) is 87.7. The zero-order valence-electron chi connectivity index (χ0n) is 86.0. The van der Waals surface area contributed by atoms with Crippen molar-refractivity contribution in [2.75, 3.05) is 19.6 Å². The van der Waals surface area contributed by atoms with Gasteiger partial charge in [0.15, 0.2) is 16.7 Å². The summed E-state index contributed by atoms with van der Waals surface area (Å²) in [7, 11) is 0. The fourth-order valence-electron chi connectivity index (χ4n) is 27.1. The van der Waals surface area contributed by atoms with Crippen molar-refractivity contribution in [3.05, 3.63) is 406 Å². The molecule has 10 heteroatoms. The summed E-state index contributed by atoms with van der Waals surface area (Å²) in [6, 6.07) is 125. The van der Waals surface area contributed by atoms with Crippen molar-refractivity contribution in [2.24, 2.45) is 10.8 Å². The molecule has 1 atom stereocenters. The summed E-state index contributed by atoms with van der Waals surface area (Å²) < 4.78 is 43.9. The molecule has 0 spiro atoms. The lowest BCUT2D eigenvalue weighted by molar-refractivity contribution is 0.104. The van der Waals surface area contributed by atoms with Crippen LogP contribution >= 0.6 is 0 Å². The van der Waals surface area contributed by atoms with E-state index >= 15 is 0 Å². The molecule has 0 radical (unpaired) electrons. The van der Waals surface area contributed by atoms with Crippen molar-refractivity contribution < 1.29 is 26.5 Å². The van der Waals surface area contributed by atoms with Gasteiger partial charge in [-0.05, 0) is 278 Å². The van der Waals surface area contributed by atoms with Gasteiger partial charge in [-0.1, -0.05) is 303 Å². The SMILES string of the molecule is Cc1ccc(N(c2ccc(C)cc2)c2cc3oc4cc5c(cc4c3c3c2oc2ccccc23)oc2cc(N(c3ccc(C)cc3)c3ccc(CCC4(C)c6ccc(N(c7ccccc7)c7cc8c(c9oc%10ccccc%10c79)-c7ccc9c(c7C8(C)C)C(C)(C)c7cc(N(c8ccccc8)c8ccc%10c(c8)C(C)(C)C(C)(C)C%10(C)C)c8oc%10ccccc%10c8c7-9)cc6C(C)(C)C4(C)C)cc3)c3oc4ccccc4c3c25)cc1. The van der Waals surface area contributed by atoms with Crippen LogP contribution in [0.15, 0.2) is 366 Å². The van der Waals surface area contributed by atoms with E-state index in [1.807, 2.05) is 6.07 Å². The number of anilines is 12. The van der Waals surface area contributed by atoms with Crippen LogP contribution in [0.4, 0.5) is 68.2 Å². The molecular weight excluding hydrogens is 1790 g/mol. The third-order valence-electron chi connectivity index (χ3n) is 37.0. The maximum absolute atomic E-state index is 7.56. The number of furan rings is 6. The molecule has 24 aromatic rings. The van der Waals surface area contributed by atoms with Gasteiger partial charge in [0.25, 0.3) is 0 Å². The largest absolute Gasteiger partial charge is 0.456 e. The monoisotopic (exact) mass is 1900 g/mol. The van der Waals surface area contributed by atoms with Crippen LogP contribution in [-0.2, 0) is 38.9 Å². The molecular formula is C136H114N4O6. The van der Waals surface area contributed by atoms with Crippen molar-refractivity contribution >= 4 is 200 Å². The first-order valence-electron chi connectivity index (χ1n) is 51.9. The molecule has 6 heterocycles. The van der Waals surface area contributed by atoms with E-state index < -0.39 is 10.8 Å². The van der Waals surface area contributed by atoms with Crippen LogP contribution in [0.1, 0.15) is 177 Å². The molecule has 18 aromatic carbocycles. The fourth-order valence-corrected chi connectivity index (χ4v) is 27.1. The van der Waals surface area contributed by atoms with Crippen LogP contribution in [0.3, 0.4) is 0 Å². The zero-order chi connectivity index (χ0) is 99.6. The Morgan fingerprint density at radius 3 is 1.02 bits per heavy atom. The first-order chi connectivity index (χ1) is 70.3. The van der Waals surface area contributed by atoms with Crippen LogP contribution in [0.25, 0.3) is 154 Å². The van der Waals surface area contributed by atoms with Gasteiger partial charge in [0, 0.05) is 133 Å². The Hall–Kier alpha value is -16.0. The van der Waals surface area contributed by atoms with E-state index in [0.717, 1.165) is 218 Å². The number of benzene rings is 18. The van der Waals surface area contributed by atoms with Crippen molar-refractivity contribution in [1.29, 1.82) is 0 Å². The van der Waals surface area contributed by atoms with Crippen LogP contribution in [0, 0.1) is 31.6 Å². The van der Waals surface area contributed by atoms with Crippen LogP contribution < -0.4 is 19.6 Å². The van der Waals surface area contributed by atoms with Crippen LogP contribution in [0.2, 0.25) is 0 Å². The number of para-hydroxylation sites is 6. The quantitative estimate of drug-likeness (QED) is 0.0988. The molecule has 0 fully saturated rings. The normalized spacial score (nSPS) is 16.8. The Kier molecular flexibility index (Phi) is 18.2. The summed E-state index contributed by atoms with van der Waals surface area (Å²) >= 11 is 0. The Morgan fingerprint density at radius 2 is 0.555 bits per heavy atom. The van der Waals surface area contributed by atoms with Crippen LogP contribution in [0.5, 0.6) is 0 Å². The Labute approximate surface area is 849 Å². The molecule has 4 aliphatic rings. The Balaban J connectivity index is 0.536. The van der Waals surface area contributed by atoms with Gasteiger partial charge in [0.2, 0.25) is 0 Å². The van der Waals surface area contributed by atoms with E-state index in [4.69, 9.17) is 26.5 Å². The number of nitrogens with zero attached hydrogens (tertiary/aromatic N) is 4. The lowest BCUT2D eigenvalue weighted by atomic mass is 9.57. The van der Waals surface area contributed by atoms with Gasteiger partial charge < -0.3 is 46.1 Å². The molecule has 0 saturated heterocycles. The van der Waals surface area contributed by atoms with Gasteiger partial charge in [-0.25, -0.2) is 0 Å². The number of hydrogen-bond acceptors (Lipinski definition) is 10. The maximum Gasteiger partial charge on any atom is 0.160 e. The molecule has 10 nitrogen and oxygen atoms in total.